The molecular formula is C40H49FN8O3. The lowest BCUT2D eigenvalue weighted by Gasteiger charge is -2.61. The molecule has 1 aliphatic heterocycles. The van der Waals surface area contributed by atoms with E-state index in [4.69, 9.17) is 14.7 Å². The maximum Gasteiger partial charge on any atom is 0.261 e. The molecular weight excluding hydrogens is 659 g/mol. The molecule has 3 heterocycles. The van der Waals surface area contributed by atoms with Gasteiger partial charge in [-0.25, -0.2) is 19.4 Å². The number of hydrogen-bond donors (Lipinski definition) is 2. The Morgan fingerprint density at radius 3 is 2.58 bits per heavy atom. The van der Waals surface area contributed by atoms with E-state index in [0.29, 0.717) is 69.3 Å². The number of nitrogens with one attached hydrogen (secondary N) is 2. The molecule has 5 atom stereocenters. The van der Waals surface area contributed by atoms with E-state index in [2.05, 4.69) is 36.4 Å². The van der Waals surface area contributed by atoms with Crippen LogP contribution in [0, 0.1) is 29.0 Å². The maximum absolute atomic E-state index is 14.9. The monoisotopic (exact) mass is 708 g/mol. The number of guanidine groups is 1. The van der Waals surface area contributed by atoms with Gasteiger partial charge in [0.25, 0.3) is 5.56 Å². The summed E-state index contributed by atoms with van der Waals surface area (Å²) in [5.74, 6) is 3.56. The number of anilines is 2. The SMILES string of the molecule is COc1ccc(CCn2c(-c3ccc(N(C)C)nc3)nc3cc(NC(=N[C@H]4C[C@H]5C[C@H]([C@H]4C)C5(C)C)N4CC(=O)N[C@@H](C)C4)ccc3c2=O)c(F)c1. The number of carbonyl (C=O) groups excluding carboxylic acids is 1. The van der Waals surface area contributed by atoms with Crippen LogP contribution in [0.5, 0.6) is 5.75 Å². The molecule has 8 rings (SSSR count). The van der Waals surface area contributed by atoms with E-state index in [-0.39, 0.29) is 43.1 Å². The average molecular weight is 709 g/mol. The lowest BCUT2D eigenvalue weighted by molar-refractivity contribution is -0.124. The van der Waals surface area contributed by atoms with Gasteiger partial charge in [0.1, 0.15) is 23.2 Å². The third-order valence-corrected chi connectivity index (χ3v) is 11.7. The van der Waals surface area contributed by atoms with Gasteiger partial charge in [0.2, 0.25) is 5.91 Å². The Balaban J connectivity index is 1.26. The van der Waals surface area contributed by atoms with Gasteiger partial charge < -0.3 is 25.2 Å². The Morgan fingerprint density at radius 2 is 1.92 bits per heavy atom. The number of benzene rings is 2. The van der Waals surface area contributed by atoms with Gasteiger partial charge in [-0.3, -0.25) is 14.2 Å². The normalized spacial score (nSPS) is 23.9. The van der Waals surface area contributed by atoms with Crippen molar-refractivity contribution in [1.29, 1.82) is 0 Å². The van der Waals surface area contributed by atoms with Gasteiger partial charge in [-0.1, -0.05) is 26.8 Å². The van der Waals surface area contributed by atoms with Gasteiger partial charge in [-0.05, 0) is 91.3 Å². The number of methoxy groups -OCH3 is 1. The van der Waals surface area contributed by atoms with Crippen LogP contribution < -0.4 is 25.8 Å². The fraction of sp³-hybridized carbons (Fsp3) is 0.475. The van der Waals surface area contributed by atoms with E-state index in [9.17, 15) is 14.0 Å². The number of piperazine rings is 1. The highest BCUT2D eigenvalue weighted by Crippen LogP contribution is 2.61. The molecule has 0 radical (unpaired) electrons. The second-order valence-electron chi connectivity index (χ2n) is 15.6. The predicted octanol–water partition coefficient (Wildman–Crippen LogP) is 5.57. The van der Waals surface area contributed by atoms with Crippen molar-refractivity contribution in [1.82, 2.24) is 24.8 Å². The van der Waals surface area contributed by atoms with Crippen molar-refractivity contribution in [3.8, 4) is 17.1 Å². The van der Waals surface area contributed by atoms with Crippen LogP contribution in [0.1, 0.15) is 46.1 Å². The molecule has 11 nitrogen and oxygen atoms in total. The fourth-order valence-corrected chi connectivity index (χ4v) is 8.47. The Hall–Kier alpha value is -5.00. The van der Waals surface area contributed by atoms with Crippen molar-refractivity contribution in [3.05, 3.63) is 76.5 Å². The summed E-state index contributed by atoms with van der Waals surface area (Å²) in [6.07, 6.45) is 4.26. The lowest BCUT2D eigenvalue weighted by Crippen LogP contribution is -2.58. The lowest BCUT2D eigenvalue weighted by atomic mass is 9.45. The third-order valence-electron chi connectivity index (χ3n) is 11.7. The number of fused-ring (bicyclic) bond motifs is 3. The summed E-state index contributed by atoms with van der Waals surface area (Å²) in [7, 11) is 5.33. The van der Waals surface area contributed by atoms with Crippen molar-refractivity contribution in [2.45, 2.75) is 65.6 Å². The van der Waals surface area contributed by atoms with Crippen molar-refractivity contribution < 1.29 is 13.9 Å². The molecule has 2 aromatic heterocycles. The van der Waals surface area contributed by atoms with Crippen LogP contribution >= 0.6 is 0 Å². The van der Waals surface area contributed by atoms with Crippen LogP contribution in [-0.2, 0) is 17.8 Å². The Morgan fingerprint density at radius 1 is 1.12 bits per heavy atom. The number of hydrogen-bond acceptors (Lipinski definition) is 7. The molecule has 12 heteroatoms. The first-order chi connectivity index (χ1) is 24.8. The molecule has 4 aliphatic rings. The molecule has 2 bridgehead atoms. The van der Waals surface area contributed by atoms with Crippen molar-refractivity contribution in [2.24, 2.45) is 28.2 Å². The zero-order valence-corrected chi connectivity index (χ0v) is 31.1. The van der Waals surface area contributed by atoms with Crippen LogP contribution in [0.3, 0.4) is 0 Å². The highest BCUT2D eigenvalue weighted by molar-refractivity contribution is 5.98. The highest BCUT2D eigenvalue weighted by Gasteiger charge is 2.56. The van der Waals surface area contributed by atoms with E-state index in [1.807, 2.05) is 55.1 Å². The standard InChI is InChI=1S/C40H49FN8O3/c1-23-21-48(22-36(50)43-23)39(46-33-17-27-16-31(24(33)2)40(27,3)4)44-28-10-12-30-34(18-28)45-37(26-9-13-35(42-20-26)47(5)6)49(38(30)51)15-14-25-8-11-29(52-7)19-32(25)41/h8-13,18-20,23-24,27,31,33H,14-17,21-22H2,1-7H3,(H,43,50)(H,44,46)/t23-,24+,27+,31+,33-/m0/s1. The van der Waals surface area contributed by atoms with E-state index < -0.39 is 5.82 Å². The first kappa shape index (κ1) is 35.4. The third kappa shape index (κ3) is 6.70. The van der Waals surface area contributed by atoms with E-state index in [0.717, 1.165) is 17.9 Å². The maximum atomic E-state index is 14.9. The Bertz CT molecular complexity index is 2080. The van der Waals surface area contributed by atoms with Gasteiger partial charge in [0.15, 0.2) is 5.96 Å². The Kier molecular flexibility index (Phi) is 9.43. The second kappa shape index (κ2) is 13.9. The molecule has 1 saturated heterocycles. The summed E-state index contributed by atoms with van der Waals surface area (Å²) in [4.78, 5) is 45.8. The average Bonchev–Trinajstić information content (AvgIpc) is 3.11. The topological polar surface area (TPSA) is 117 Å². The molecule has 274 valence electrons. The molecule has 0 unspecified atom stereocenters. The number of ether oxygens (including phenoxy) is 1. The van der Waals surface area contributed by atoms with Crippen LogP contribution in [0.15, 0.2) is 64.5 Å². The van der Waals surface area contributed by atoms with Gasteiger partial charge >= 0.3 is 0 Å². The number of amides is 1. The molecule has 2 aromatic carbocycles. The number of aryl methyl sites for hydroxylation is 1. The number of nitrogens with zero attached hydrogens (tertiary/aromatic N) is 6. The molecule has 4 fully saturated rings. The van der Waals surface area contributed by atoms with Gasteiger partial charge in [0.05, 0.1) is 30.6 Å². The molecule has 3 aliphatic carbocycles. The first-order valence-electron chi connectivity index (χ1n) is 18.2. The van der Waals surface area contributed by atoms with E-state index in [1.54, 1.807) is 29.0 Å². The minimum atomic E-state index is -0.392. The fourth-order valence-electron chi connectivity index (χ4n) is 8.47. The number of aromatic nitrogens is 3. The zero-order chi connectivity index (χ0) is 36.9. The minimum Gasteiger partial charge on any atom is -0.497 e. The quantitative estimate of drug-likeness (QED) is 0.180. The number of rotatable bonds is 8. The molecule has 4 aromatic rings. The molecule has 0 spiro atoms. The molecule has 1 amide bonds. The number of halogens is 1. The second-order valence-corrected chi connectivity index (χ2v) is 15.6. The Labute approximate surface area is 304 Å². The highest BCUT2D eigenvalue weighted by atomic mass is 19.1. The van der Waals surface area contributed by atoms with E-state index in [1.165, 1.54) is 19.6 Å². The van der Waals surface area contributed by atoms with Gasteiger partial charge in [-0.15, -0.1) is 0 Å². The van der Waals surface area contributed by atoms with Crippen LogP contribution in [-0.4, -0.2) is 77.7 Å². The summed E-state index contributed by atoms with van der Waals surface area (Å²) >= 11 is 0. The number of pyridine rings is 1. The summed E-state index contributed by atoms with van der Waals surface area (Å²) in [6, 6.07) is 14.1. The predicted molar refractivity (Wildman–Crippen MR) is 203 cm³/mol. The summed E-state index contributed by atoms with van der Waals surface area (Å²) < 4.78 is 21.7. The summed E-state index contributed by atoms with van der Waals surface area (Å²) in [6.45, 7) is 10.1. The number of aliphatic imine (C=N–C) groups is 1. The molecule has 52 heavy (non-hydrogen) atoms. The van der Waals surface area contributed by atoms with Crippen LogP contribution in [0.25, 0.3) is 22.3 Å². The zero-order valence-electron chi connectivity index (χ0n) is 31.1. The first-order valence-corrected chi connectivity index (χ1v) is 18.2. The van der Waals surface area contributed by atoms with Crippen LogP contribution in [0.4, 0.5) is 15.9 Å². The minimum absolute atomic E-state index is 0.0254. The van der Waals surface area contributed by atoms with Crippen LogP contribution in [0.2, 0.25) is 0 Å². The van der Waals surface area contributed by atoms with Crippen molar-refractivity contribution in [3.63, 3.8) is 0 Å². The van der Waals surface area contributed by atoms with Gasteiger partial charge in [-0.2, -0.15) is 0 Å². The van der Waals surface area contributed by atoms with Gasteiger partial charge in [0, 0.05) is 56.7 Å². The summed E-state index contributed by atoms with van der Waals surface area (Å²) in [5, 5.41) is 7.01. The number of carbonyl (C=O) groups is 1. The largest absolute Gasteiger partial charge is 0.497 e. The molecule has 3 saturated carbocycles. The molecule has 2 N–H and O–H groups in total. The smallest absolute Gasteiger partial charge is 0.261 e. The van der Waals surface area contributed by atoms with E-state index >= 15 is 0 Å². The summed E-state index contributed by atoms with van der Waals surface area (Å²) in [5.41, 5.74) is 2.47. The van der Waals surface area contributed by atoms with Crippen molar-refractivity contribution in [2.75, 3.05) is 44.5 Å². The van der Waals surface area contributed by atoms with Crippen molar-refractivity contribution >= 4 is 34.3 Å².